The summed E-state index contributed by atoms with van der Waals surface area (Å²) in [6, 6.07) is 6.01. The van der Waals surface area contributed by atoms with Gasteiger partial charge in [-0.3, -0.25) is 0 Å². The molecule has 18 heavy (non-hydrogen) atoms. The summed E-state index contributed by atoms with van der Waals surface area (Å²) in [5.74, 6) is 1.53. The maximum Gasteiger partial charge on any atom is 0.161 e. The van der Waals surface area contributed by atoms with E-state index in [0.29, 0.717) is 6.61 Å². The van der Waals surface area contributed by atoms with Gasteiger partial charge in [-0.25, -0.2) is 0 Å². The van der Waals surface area contributed by atoms with Crippen LogP contribution >= 0.6 is 0 Å². The first-order valence-electron chi connectivity index (χ1n) is 6.43. The van der Waals surface area contributed by atoms with Crippen LogP contribution in [0.4, 0.5) is 0 Å². The number of benzene rings is 1. The Labute approximate surface area is 110 Å². The highest BCUT2D eigenvalue weighted by Crippen LogP contribution is 2.27. The Morgan fingerprint density at radius 3 is 2.83 bits per heavy atom. The van der Waals surface area contributed by atoms with Crippen molar-refractivity contribution >= 4 is 0 Å². The zero-order valence-corrected chi connectivity index (χ0v) is 11.4. The minimum absolute atomic E-state index is 0.491. The Morgan fingerprint density at radius 2 is 2.17 bits per heavy atom. The van der Waals surface area contributed by atoms with E-state index in [1.54, 1.807) is 13.2 Å². The van der Waals surface area contributed by atoms with E-state index in [1.807, 2.05) is 12.1 Å². The fourth-order valence-corrected chi connectivity index (χ4v) is 1.62. The third-order valence-corrected chi connectivity index (χ3v) is 2.62. The van der Waals surface area contributed by atoms with Crippen molar-refractivity contribution in [3.8, 4) is 11.5 Å². The Hall–Kier alpha value is -1.48. The van der Waals surface area contributed by atoms with Crippen molar-refractivity contribution in [1.29, 1.82) is 0 Å². The lowest BCUT2D eigenvalue weighted by Gasteiger charge is -2.11. The van der Waals surface area contributed by atoms with E-state index < -0.39 is 0 Å². The maximum absolute atomic E-state index is 5.51. The summed E-state index contributed by atoms with van der Waals surface area (Å²) in [7, 11) is 1.66. The highest BCUT2D eigenvalue weighted by atomic mass is 16.5. The molecule has 0 radical (unpaired) electrons. The Kier molecular flexibility index (Phi) is 6.96. The average Bonchev–Trinajstić information content (AvgIpc) is 2.41. The molecule has 0 aliphatic rings. The first-order chi connectivity index (χ1) is 8.81. The zero-order chi connectivity index (χ0) is 13.2. The summed E-state index contributed by atoms with van der Waals surface area (Å²) in [5.41, 5.74) is 1.20. The fourth-order valence-electron chi connectivity index (χ4n) is 1.62. The van der Waals surface area contributed by atoms with E-state index in [2.05, 4.69) is 24.9 Å². The standard InChI is InChI=1S/C15H23NO2/c1-4-6-9-16-12-13-7-8-14(18-10-5-2)15(11-13)17-3/h5,7-8,11,16H,2,4,6,9-10,12H2,1,3H3. The molecule has 0 saturated carbocycles. The second kappa shape index (κ2) is 8.59. The van der Waals surface area contributed by atoms with Crippen LogP contribution in [0.5, 0.6) is 11.5 Å². The summed E-state index contributed by atoms with van der Waals surface area (Å²) in [6.45, 7) is 8.22. The Morgan fingerprint density at radius 1 is 1.33 bits per heavy atom. The van der Waals surface area contributed by atoms with E-state index in [4.69, 9.17) is 9.47 Å². The van der Waals surface area contributed by atoms with Gasteiger partial charge in [-0.1, -0.05) is 32.1 Å². The van der Waals surface area contributed by atoms with Crippen molar-refractivity contribution in [3.05, 3.63) is 36.4 Å². The third kappa shape index (κ3) is 4.80. The molecule has 0 saturated heterocycles. The molecule has 0 aliphatic heterocycles. The second-order valence-corrected chi connectivity index (χ2v) is 4.12. The number of hydrogen-bond acceptors (Lipinski definition) is 3. The lowest BCUT2D eigenvalue weighted by Crippen LogP contribution is -2.14. The van der Waals surface area contributed by atoms with Crippen molar-refractivity contribution in [1.82, 2.24) is 5.32 Å². The minimum Gasteiger partial charge on any atom is -0.493 e. The number of ether oxygens (including phenoxy) is 2. The highest BCUT2D eigenvalue weighted by Gasteiger charge is 2.04. The van der Waals surface area contributed by atoms with Gasteiger partial charge in [0.2, 0.25) is 0 Å². The first kappa shape index (κ1) is 14.6. The molecule has 0 fully saturated rings. The normalized spacial score (nSPS) is 10.1. The molecule has 0 amide bonds. The summed E-state index contributed by atoms with van der Waals surface area (Å²) in [5, 5.41) is 3.40. The topological polar surface area (TPSA) is 30.5 Å². The number of nitrogens with one attached hydrogen (secondary N) is 1. The highest BCUT2D eigenvalue weighted by molar-refractivity contribution is 5.43. The molecule has 100 valence electrons. The van der Waals surface area contributed by atoms with Crippen LogP contribution in [0.3, 0.4) is 0 Å². The van der Waals surface area contributed by atoms with Gasteiger partial charge >= 0.3 is 0 Å². The molecule has 3 heteroatoms. The van der Waals surface area contributed by atoms with Crippen molar-refractivity contribution in [2.24, 2.45) is 0 Å². The SMILES string of the molecule is C=CCOc1ccc(CNCCCC)cc1OC. The van der Waals surface area contributed by atoms with Crippen LogP contribution < -0.4 is 14.8 Å². The van der Waals surface area contributed by atoms with Crippen LogP contribution in [0, 0.1) is 0 Å². The van der Waals surface area contributed by atoms with Crippen LogP contribution in [0.15, 0.2) is 30.9 Å². The Bertz CT molecular complexity index is 364. The van der Waals surface area contributed by atoms with E-state index in [0.717, 1.165) is 24.6 Å². The molecule has 0 aliphatic carbocycles. The van der Waals surface area contributed by atoms with Gasteiger partial charge in [-0.15, -0.1) is 0 Å². The summed E-state index contributed by atoms with van der Waals surface area (Å²) in [6.07, 6.45) is 4.14. The van der Waals surface area contributed by atoms with Gasteiger partial charge < -0.3 is 14.8 Å². The molecule has 0 spiro atoms. The van der Waals surface area contributed by atoms with Crippen molar-refractivity contribution < 1.29 is 9.47 Å². The number of methoxy groups -OCH3 is 1. The van der Waals surface area contributed by atoms with Crippen LogP contribution in [0.25, 0.3) is 0 Å². The lowest BCUT2D eigenvalue weighted by molar-refractivity contribution is 0.326. The van der Waals surface area contributed by atoms with Gasteiger partial charge in [0.15, 0.2) is 11.5 Å². The molecule has 1 aromatic rings. The van der Waals surface area contributed by atoms with Crippen LogP contribution in [0.2, 0.25) is 0 Å². The van der Waals surface area contributed by atoms with E-state index in [-0.39, 0.29) is 0 Å². The van der Waals surface area contributed by atoms with E-state index in [1.165, 1.54) is 18.4 Å². The minimum atomic E-state index is 0.491. The predicted octanol–water partition coefficient (Wildman–Crippen LogP) is 3.15. The van der Waals surface area contributed by atoms with E-state index in [9.17, 15) is 0 Å². The molecule has 1 rings (SSSR count). The largest absolute Gasteiger partial charge is 0.493 e. The number of hydrogen-bond donors (Lipinski definition) is 1. The Balaban J connectivity index is 2.57. The average molecular weight is 249 g/mol. The monoisotopic (exact) mass is 249 g/mol. The van der Waals surface area contributed by atoms with Crippen molar-refractivity contribution in [2.45, 2.75) is 26.3 Å². The summed E-state index contributed by atoms with van der Waals surface area (Å²) in [4.78, 5) is 0. The molecule has 0 aromatic heterocycles. The second-order valence-electron chi connectivity index (χ2n) is 4.12. The lowest BCUT2D eigenvalue weighted by atomic mass is 10.2. The van der Waals surface area contributed by atoms with Crippen LogP contribution in [-0.2, 0) is 6.54 Å². The number of rotatable bonds is 9. The molecule has 0 atom stereocenters. The fraction of sp³-hybridized carbons (Fsp3) is 0.467. The summed E-state index contributed by atoms with van der Waals surface area (Å²) < 4.78 is 10.8. The predicted molar refractivity (Wildman–Crippen MR) is 75.3 cm³/mol. The quantitative estimate of drug-likeness (QED) is 0.538. The van der Waals surface area contributed by atoms with Crippen LogP contribution in [0.1, 0.15) is 25.3 Å². The number of unbranched alkanes of at least 4 members (excludes halogenated alkanes) is 1. The molecule has 1 N–H and O–H groups in total. The molecular weight excluding hydrogens is 226 g/mol. The van der Waals surface area contributed by atoms with Crippen LogP contribution in [-0.4, -0.2) is 20.3 Å². The van der Waals surface area contributed by atoms with Gasteiger partial charge in [-0.2, -0.15) is 0 Å². The van der Waals surface area contributed by atoms with Gasteiger partial charge in [0, 0.05) is 6.54 Å². The molecule has 0 unspecified atom stereocenters. The zero-order valence-electron chi connectivity index (χ0n) is 11.4. The first-order valence-corrected chi connectivity index (χ1v) is 6.43. The molecule has 0 heterocycles. The summed E-state index contributed by atoms with van der Waals surface area (Å²) >= 11 is 0. The molecule has 0 bridgehead atoms. The van der Waals surface area contributed by atoms with Gasteiger partial charge in [0.25, 0.3) is 0 Å². The molecule has 1 aromatic carbocycles. The third-order valence-electron chi connectivity index (χ3n) is 2.62. The van der Waals surface area contributed by atoms with Gasteiger partial charge in [0.05, 0.1) is 7.11 Å². The van der Waals surface area contributed by atoms with Gasteiger partial charge in [-0.05, 0) is 30.7 Å². The maximum atomic E-state index is 5.51. The smallest absolute Gasteiger partial charge is 0.161 e. The van der Waals surface area contributed by atoms with Crippen molar-refractivity contribution in [3.63, 3.8) is 0 Å². The molecular formula is C15H23NO2. The van der Waals surface area contributed by atoms with Gasteiger partial charge in [0.1, 0.15) is 6.61 Å². The van der Waals surface area contributed by atoms with E-state index >= 15 is 0 Å². The van der Waals surface area contributed by atoms with Crippen molar-refractivity contribution in [2.75, 3.05) is 20.3 Å². The molecule has 3 nitrogen and oxygen atoms in total.